The molecular formula is C23H28ClN3O2. The lowest BCUT2D eigenvalue weighted by molar-refractivity contribution is 0.0764. The van der Waals surface area contributed by atoms with Gasteiger partial charge in [0.2, 0.25) is 0 Å². The maximum Gasteiger partial charge on any atom is 0.258 e. The number of nitrogens with one attached hydrogen (secondary N) is 1. The van der Waals surface area contributed by atoms with Crippen LogP contribution in [0.5, 0.6) is 5.75 Å². The number of halogens is 1. The zero-order valence-corrected chi connectivity index (χ0v) is 17.8. The van der Waals surface area contributed by atoms with Gasteiger partial charge in [-0.2, -0.15) is 0 Å². The van der Waals surface area contributed by atoms with E-state index in [-0.39, 0.29) is 5.91 Å². The van der Waals surface area contributed by atoms with Gasteiger partial charge in [0, 0.05) is 55.5 Å². The predicted molar refractivity (Wildman–Crippen MR) is 117 cm³/mol. The maximum absolute atomic E-state index is 13.1. The summed E-state index contributed by atoms with van der Waals surface area (Å²) in [5.74, 6) is 0.703. The lowest BCUT2D eigenvalue weighted by atomic mass is 10.0. The van der Waals surface area contributed by atoms with E-state index in [0.29, 0.717) is 35.5 Å². The Hall–Kier alpha value is -2.24. The molecule has 1 atom stereocenters. The van der Waals surface area contributed by atoms with Gasteiger partial charge in [-0.25, -0.2) is 0 Å². The SMILES string of the molecule is CCCC1CN(c2cc3c(c(OC)c2)C(=O)N(Cc2ccc(Cl)cc2)C3)CCN1. The van der Waals surface area contributed by atoms with Crippen LogP contribution in [0.1, 0.15) is 41.3 Å². The van der Waals surface area contributed by atoms with Crippen molar-refractivity contribution in [1.82, 2.24) is 10.2 Å². The minimum absolute atomic E-state index is 0.0301. The first kappa shape index (κ1) is 20.0. The molecule has 2 aliphatic heterocycles. The molecule has 0 spiro atoms. The van der Waals surface area contributed by atoms with Gasteiger partial charge in [0.25, 0.3) is 5.91 Å². The van der Waals surface area contributed by atoms with Crippen LogP contribution in [0, 0.1) is 0 Å². The van der Waals surface area contributed by atoms with Gasteiger partial charge in [0.1, 0.15) is 5.75 Å². The molecule has 154 valence electrons. The summed E-state index contributed by atoms with van der Waals surface area (Å²) in [5, 5.41) is 4.30. The molecule has 0 bridgehead atoms. The molecule has 1 saturated heterocycles. The second-order valence-corrected chi connectivity index (χ2v) is 8.29. The minimum atomic E-state index is 0.0301. The van der Waals surface area contributed by atoms with Crippen molar-refractivity contribution in [3.8, 4) is 5.75 Å². The zero-order chi connectivity index (χ0) is 20.4. The molecule has 2 heterocycles. The van der Waals surface area contributed by atoms with Crippen LogP contribution in [0.25, 0.3) is 0 Å². The summed E-state index contributed by atoms with van der Waals surface area (Å²) in [7, 11) is 1.65. The third-order valence-electron chi connectivity index (χ3n) is 5.80. The molecule has 0 saturated carbocycles. The van der Waals surface area contributed by atoms with Crippen LogP contribution in [-0.4, -0.2) is 43.6 Å². The molecule has 4 rings (SSSR count). The van der Waals surface area contributed by atoms with Crippen molar-refractivity contribution in [2.45, 2.75) is 38.9 Å². The third kappa shape index (κ3) is 4.21. The van der Waals surface area contributed by atoms with E-state index in [1.54, 1.807) is 7.11 Å². The molecule has 29 heavy (non-hydrogen) atoms. The number of fused-ring (bicyclic) bond motifs is 1. The summed E-state index contributed by atoms with van der Waals surface area (Å²) in [6, 6.07) is 12.4. The first-order valence-electron chi connectivity index (χ1n) is 10.3. The number of carbonyl (C=O) groups excluding carboxylic acids is 1. The van der Waals surface area contributed by atoms with Gasteiger partial charge in [-0.05, 0) is 35.7 Å². The second-order valence-electron chi connectivity index (χ2n) is 7.86. The number of carbonyl (C=O) groups is 1. The van der Waals surface area contributed by atoms with Gasteiger partial charge < -0.3 is 19.9 Å². The van der Waals surface area contributed by atoms with Crippen molar-refractivity contribution < 1.29 is 9.53 Å². The first-order valence-corrected chi connectivity index (χ1v) is 10.7. The van der Waals surface area contributed by atoms with Crippen molar-refractivity contribution in [2.24, 2.45) is 0 Å². The number of amides is 1. The molecule has 6 heteroatoms. The Morgan fingerprint density at radius 1 is 1.24 bits per heavy atom. The van der Waals surface area contributed by atoms with Crippen LogP contribution >= 0.6 is 11.6 Å². The van der Waals surface area contributed by atoms with E-state index in [0.717, 1.165) is 36.4 Å². The summed E-state index contributed by atoms with van der Waals surface area (Å²) < 4.78 is 5.64. The van der Waals surface area contributed by atoms with Crippen LogP contribution in [0.3, 0.4) is 0 Å². The molecule has 2 aromatic rings. The Morgan fingerprint density at radius 3 is 2.76 bits per heavy atom. The normalized spacial score (nSPS) is 18.9. The molecule has 0 radical (unpaired) electrons. The van der Waals surface area contributed by atoms with E-state index in [4.69, 9.17) is 16.3 Å². The number of piperazine rings is 1. The molecule has 2 aromatic carbocycles. The van der Waals surface area contributed by atoms with E-state index < -0.39 is 0 Å². The summed E-state index contributed by atoms with van der Waals surface area (Å²) in [4.78, 5) is 17.4. The summed E-state index contributed by atoms with van der Waals surface area (Å²) >= 11 is 5.98. The van der Waals surface area contributed by atoms with E-state index in [1.165, 1.54) is 12.8 Å². The highest BCUT2D eigenvalue weighted by atomic mass is 35.5. The molecule has 1 fully saturated rings. The number of anilines is 1. The van der Waals surface area contributed by atoms with Gasteiger partial charge in [-0.3, -0.25) is 4.79 Å². The molecule has 5 nitrogen and oxygen atoms in total. The summed E-state index contributed by atoms with van der Waals surface area (Å²) in [5.41, 5.74) is 3.96. The average molecular weight is 414 g/mol. The van der Waals surface area contributed by atoms with Crippen LogP contribution in [0.4, 0.5) is 5.69 Å². The van der Waals surface area contributed by atoms with Crippen LogP contribution in [-0.2, 0) is 13.1 Å². The molecule has 0 aliphatic carbocycles. The second kappa shape index (κ2) is 8.64. The number of methoxy groups -OCH3 is 1. The highest BCUT2D eigenvalue weighted by Gasteiger charge is 2.32. The molecular weight excluding hydrogens is 386 g/mol. The molecule has 2 aliphatic rings. The predicted octanol–water partition coefficient (Wildman–Crippen LogP) is 4.08. The van der Waals surface area contributed by atoms with Crippen molar-refractivity contribution in [3.05, 3.63) is 58.1 Å². The Morgan fingerprint density at radius 2 is 2.03 bits per heavy atom. The molecule has 1 amide bonds. The van der Waals surface area contributed by atoms with Crippen LogP contribution in [0.15, 0.2) is 36.4 Å². The number of rotatable bonds is 6. The number of benzene rings is 2. The number of hydrogen-bond donors (Lipinski definition) is 1. The Balaban J connectivity index is 1.57. The van der Waals surface area contributed by atoms with Crippen molar-refractivity contribution in [3.63, 3.8) is 0 Å². The Kier molecular flexibility index (Phi) is 5.97. The first-order chi connectivity index (χ1) is 14.1. The quantitative estimate of drug-likeness (QED) is 0.774. The molecule has 1 N–H and O–H groups in total. The van der Waals surface area contributed by atoms with Crippen LogP contribution < -0.4 is 15.0 Å². The van der Waals surface area contributed by atoms with Gasteiger partial charge in [0.05, 0.1) is 12.7 Å². The lowest BCUT2D eigenvalue weighted by Gasteiger charge is -2.35. The highest BCUT2D eigenvalue weighted by molar-refractivity contribution is 6.30. The zero-order valence-electron chi connectivity index (χ0n) is 17.1. The number of nitrogens with zero attached hydrogens (tertiary/aromatic N) is 2. The van der Waals surface area contributed by atoms with E-state index in [9.17, 15) is 4.79 Å². The van der Waals surface area contributed by atoms with Gasteiger partial charge in [-0.1, -0.05) is 37.1 Å². The van der Waals surface area contributed by atoms with Crippen molar-refractivity contribution in [2.75, 3.05) is 31.6 Å². The fourth-order valence-electron chi connectivity index (χ4n) is 4.34. The lowest BCUT2D eigenvalue weighted by Crippen LogP contribution is -2.50. The van der Waals surface area contributed by atoms with E-state index in [2.05, 4.69) is 23.2 Å². The largest absolute Gasteiger partial charge is 0.496 e. The van der Waals surface area contributed by atoms with E-state index in [1.807, 2.05) is 35.2 Å². The summed E-state index contributed by atoms with van der Waals surface area (Å²) in [6.45, 7) is 6.31. The summed E-state index contributed by atoms with van der Waals surface area (Å²) in [6.07, 6.45) is 2.35. The average Bonchev–Trinajstić information content (AvgIpc) is 3.05. The van der Waals surface area contributed by atoms with Crippen LogP contribution in [0.2, 0.25) is 5.02 Å². The van der Waals surface area contributed by atoms with Gasteiger partial charge in [0.15, 0.2) is 0 Å². The molecule has 0 aromatic heterocycles. The Bertz CT molecular complexity index is 882. The third-order valence-corrected chi connectivity index (χ3v) is 6.05. The minimum Gasteiger partial charge on any atom is -0.496 e. The fraction of sp³-hybridized carbons (Fsp3) is 0.435. The smallest absolute Gasteiger partial charge is 0.258 e. The monoisotopic (exact) mass is 413 g/mol. The topological polar surface area (TPSA) is 44.8 Å². The fourth-order valence-corrected chi connectivity index (χ4v) is 4.47. The van der Waals surface area contributed by atoms with Crippen molar-refractivity contribution in [1.29, 1.82) is 0 Å². The number of ether oxygens (including phenoxy) is 1. The Labute approximate surface area is 177 Å². The van der Waals surface area contributed by atoms with Crippen molar-refractivity contribution >= 4 is 23.2 Å². The van der Waals surface area contributed by atoms with E-state index >= 15 is 0 Å². The molecule has 1 unspecified atom stereocenters. The highest BCUT2D eigenvalue weighted by Crippen LogP contribution is 2.36. The standard InChI is InChI=1S/C23H28ClN3O2/c1-3-4-19-15-26(10-9-25-19)20-11-17-14-27(13-16-5-7-18(24)8-6-16)23(28)22(17)21(12-20)29-2/h5-8,11-12,19,25H,3-4,9-10,13-15H2,1-2H3. The van der Waals surface area contributed by atoms with Gasteiger partial charge in [-0.15, -0.1) is 0 Å². The van der Waals surface area contributed by atoms with Gasteiger partial charge >= 0.3 is 0 Å². The maximum atomic E-state index is 13.1. The number of hydrogen-bond acceptors (Lipinski definition) is 4.